The van der Waals surface area contributed by atoms with Crippen LogP contribution >= 0.6 is 0 Å². The number of benzene rings is 2. The first-order chi connectivity index (χ1) is 11.4. The highest BCUT2D eigenvalue weighted by molar-refractivity contribution is 5.16. The first kappa shape index (κ1) is 15.0. The van der Waals surface area contributed by atoms with Gasteiger partial charge in [0.2, 0.25) is 0 Å². The Morgan fingerprint density at radius 1 is 0.783 bits per heavy atom. The maximum atomic E-state index is 2.75. The number of nitrogens with zero attached hydrogens (tertiary/aromatic N) is 1. The zero-order chi connectivity index (χ0) is 15.5. The van der Waals surface area contributed by atoms with Crippen molar-refractivity contribution in [2.45, 2.75) is 44.7 Å². The maximum absolute atomic E-state index is 2.75. The quantitative estimate of drug-likeness (QED) is 0.775. The van der Waals surface area contributed by atoms with Gasteiger partial charge in [-0.2, -0.15) is 0 Å². The monoisotopic (exact) mass is 305 g/mol. The fourth-order valence-corrected chi connectivity index (χ4v) is 4.78. The van der Waals surface area contributed by atoms with Gasteiger partial charge in [-0.1, -0.05) is 60.7 Å². The molecule has 1 aliphatic carbocycles. The zero-order valence-corrected chi connectivity index (χ0v) is 13.9. The first-order valence-corrected chi connectivity index (χ1v) is 9.20. The molecule has 0 spiro atoms. The lowest BCUT2D eigenvalue weighted by atomic mass is 9.76. The van der Waals surface area contributed by atoms with Gasteiger partial charge in [-0.15, -0.1) is 0 Å². The van der Waals surface area contributed by atoms with Crippen LogP contribution in [0, 0.1) is 11.8 Å². The number of likely N-dealkylation sites (tertiary alicyclic amines) is 1. The van der Waals surface area contributed by atoms with E-state index in [1.807, 2.05) is 0 Å². The van der Waals surface area contributed by atoms with Gasteiger partial charge in [-0.05, 0) is 61.6 Å². The maximum Gasteiger partial charge on any atom is 0.0236 e. The molecule has 2 aromatic carbocycles. The van der Waals surface area contributed by atoms with E-state index in [-0.39, 0.29) is 0 Å². The summed E-state index contributed by atoms with van der Waals surface area (Å²) in [6.45, 7) is 2.44. The highest BCUT2D eigenvalue weighted by Crippen LogP contribution is 2.40. The van der Waals surface area contributed by atoms with Crippen LogP contribution in [0.25, 0.3) is 0 Å². The summed E-state index contributed by atoms with van der Waals surface area (Å²) in [7, 11) is 0. The molecule has 1 heterocycles. The molecule has 0 bridgehead atoms. The number of rotatable bonds is 4. The highest BCUT2D eigenvalue weighted by Gasteiger charge is 2.38. The summed E-state index contributed by atoms with van der Waals surface area (Å²) >= 11 is 0. The van der Waals surface area contributed by atoms with Crippen LogP contribution in [0.15, 0.2) is 60.7 Å². The Morgan fingerprint density at radius 2 is 1.48 bits per heavy atom. The molecule has 1 saturated carbocycles. The summed E-state index contributed by atoms with van der Waals surface area (Å²) in [6, 6.07) is 22.9. The third-order valence-electron chi connectivity index (χ3n) is 5.90. The van der Waals surface area contributed by atoms with Crippen LogP contribution in [-0.2, 0) is 13.0 Å². The molecular formula is C22H27N. The van der Waals surface area contributed by atoms with E-state index in [2.05, 4.69) is 65.6 Å². The van der Waals surface area contributed by atoms with Gasteiger partial charge >= 0.3 is 0 Å². The molecule has 120 valence electrons. The molecule has 0 unspecified atom stereocenters. The van der Waals surface area contributed by atoms with E-state index in [4.69, 9.17) is 0 Å². The minimum Gasteiger partial charge on any atom is -0.296 e. The van der Waals surface area contributed by atoms with Crippen molar-refractivity contribution in [2.24, 2.45) is 11.8 Å². The normalized spacial score (nSPS) is 27.7. The smallest absolute Gasteiger partial charge is 0.0236 e. The van der Waals surface area contributed by atoms with Gasteiger partial charge in [0.15, 0.2) is 0 Å². The first-order valence-electron chi connectivity index (χ1n) is 9.20. The molecule has 0 N–H and O–H groups in total. The van der Waals surface area contributed by atoms with Crippen LogP contribution in [0.4, 0.5) is 0 Å². The van der Waals surface area contributed by atoms with Crippen molar-refractivity contribution in [1.82, 2.24) is 4.90 Å². The molecule has 4 rings (SSSR count). The van der Waals surface area contributed by atoms with Gasteiger partial charge in [0, 0.05) is 12.6 Å². The molecule has 0 amide bonds. The largest absolute Gasteiger partial charge is 0.296 e. The van der Waals surface area contributed by atoms with Crippen molar-refractivity contribution >= 4 is 0 Å². The SMILES string of the molecule is c1ccc(C[C@@H]2CC[C@@H]3[C@@H](CCN3Cc3ccccc3)C2)cc1. The van der Waals surface area contributed by atoms with E-state index >= 15 is 0 Å². The molecule has 2 fully saturated rings. The Labute approximate surface area is 140 Å². The van der Waals surface area contributed by atoms with Crippen molar-refractivity contribution in [3.05, 3.63) is 71.8 Å². The standard InChI is InChI=1S/C22H27N/c1-3-7-18(8-4-1)15-20-11-12-22-21(16-20)13-14-23(22)17-19-9-5-2-6-10-19/h1-10,20-22H,11-17H2/t20-,21-,22+/m0/s1. The summed E-state index contributed by atoms with van der Waals surface area (Å²) in [5.41, 5.74) is 3.00. The second-order valence-corrected chi connectivity index (χ2v) is 7.44. The average Bonchev–Trinajstić information content (AvgIpc) is 2.99. The van der Waals surface area contributed by atoms with Gasteiger partial charge in [0.25, 0.3) is 0 Å². The number of hydrogen-bond donors (Lipinski definition) is 0. The van der Waals surface area contributed by atoms with E-state index in [0.29, 0.717) is 0 Å². The van der Waals surface area contributed by atoms with Crippen molar-refractivity contribution in [3.63, 3.8) is 0 Å². The van der Waals surface area contributed by atoms with Gasteiger partial charge < -0.3 is 0 Å². The number of fused-ring (bicyclic) bond motifs is 1. The van der Waals surface area contributed by atoms with Crippen molar-refractivity contribution in [3.8, 4) is 0 Å². The fraction of sp³-hybridized carbons (Fsp3) is 0.455. The van der Waals surface area contributed by atoms with Crippen LogP contribution < -0.4 is 0 Å². The second kappa shape index (κ2) is 6.88. The summed E-state index contributed by atoms with van der Waals surface area (Å²) in [5.74, 6) is 1.83. The molecular weight excluding hydrogens is 278 g/mol. The molecule has 2 aliphatic rings. The molecule has 2 aromatic rings. The van der Waals surface area contributed by atoms with Crippen LogP contribution in [0.3, 0.4) is 0 Å². The van der Waals surface area contributed by atoms with Crippen LogP contribution in [0.5, 0.6) is 0 Å². The van der Waals surface area contributed by atoms with Crippen molar-refractivity contribution in [2.75, 3.05) is 6.54 Å². The van der Waals surface area contributed by atoms with E-state index in [1.165, 1.54) is 49.8 Å². The summed E-state index contributed by atoms with van der Waals surface area (Å²) in [5, 5.41) is 0. The molecule has 0 aromatic heterocycles. The minimum absolute atomic E-state index is 0.835. The average molecular weight is 305 g/mol. The summed E-state index contributed by atoms with van der Waals surface area (Å²) in [4.78, 5) is 2.75. The van der Waals surface area contributed by atoms with Crippen LogP contribution in [0.1, 0.15) is 36.8 Å². The Balaban J connectivity index is 1.35. The van der Waals surface area contributed by atoms with E-state index in [9.17, 15) is 0 Å². The third kappa shape index (κ3) is 3.50. The summed E-state index contributed by atoms with van der Waals surface area (Å²) in [6.07, 6.45) is 6.92. The molecule has 1 aliphatic heterocycles. The van der Waals surface area contributed by atoms with E-state index < -0.39 is 0 Å². The topological polar surface area (TPSA) is 3.24 Å². The fourth-order valence-electron chi connectivity index (χ4n) is 4.78. The van der Waals surface area contributed by atoms with Crippen LogP contribution in [0.2, 0.25) is 0 Å². The lowest BCUT2D eigenvalue weighted by Crippen LogP contribution is -2.36. The van der Waals surface area contributed by atoms with Gasteiger partial charge in [0.1, 0.15) is 0 Å². The predicted octanol–water partition coefficient (Wildman–Crippen LogP) is 4.92. The van der Waals surface area contributed by atoms with Gasteiger partial charge in [-0.25, -0.2) is 0 Å². The zero-order valence-electron chi connectivity index (χ0n) is 13.9. The lowest BCUT2D eigenvalue weighted by molar-refractivity contribution is 0.146. The van der Waals surface area contributed by atoms with Gasteiger partial charge in [-0.3, -0.25) is 4.90 Å². The lowest BCUT2D eigenvalue weighted by Gasteiger charge is -2.36. The summed E-state index contributed by atoms with van der Waals surface area (Å²) < 4.78 is 0. The second-order valence-electron chi connectivity index (χ2n) is 7.44. The van der Waals surface area contributed by atoms with E-state index in [1.54, 1.807) is 0 Å². The Hall–Kier alpha value is -1.60. The highest BCUT2D eigenvalue weighted by atomic mass is 15.2. The predicted molar refractivity (Wildman–Crippen MR) is 96.2 cm³/mol. The number of hydrogen-bond acceptors (Lipinski definition) is 1. The molecule has 1 saturated heterocycles. The van der Waals surface area contributed by atoms with Crippen molar-refractivity contribution < 1.29 is 0 Å². The Bertz CT molecular complexity index is 606. The molecule has 0 radical (unpaired) electrons. The van der Waals surface area contributed by atoms with E-state index in [0.717, 1.165) is 24.4 Å². The van der Waals surface area contributed by atoms with Crippen molar-refractivity contribution in [1.29, 1.82) is 0 Å². The molecule has 1 nitrogen and oxygen atoms in total. The van der Waals surface area contributed by atoms with Gasteiger partial charge in [0.05, 0.1) is 0 Å². The molecule has 1 heteroatoms. The molecule has 3 atom stereocenters. The third-order valence-corrected chi connectivity index (χ3v) is 5.90. The Kier molecular flexibility index (Phi) is 4.48. The van der Waals surface area contributed by atoms with Crippen LogP contribution in [-0.4, -0.2) is 17.5 Å². The minimum atomic E-state index is 0.835. The molecule has 23 heavy (non-hydrogen) atoms. The Morgan fingerprint density at radius 3 is 2.22 bits per heavy atom.